The van der Waals surface area contributed by atoms with Crippen LogP contribution in [0, 0.1) is 0 Å². The Bertz CT molecular complexity index is 152. The average Bonchev–Trinajstić information content (AvgIpc) is 2.03. The normalized spacial score (nSPS) is 9.83. The predicted octanol–water partition coefficient (Wildman–Crippen LogP) is 3.40. The number of hydrogen-bond donors (Lipinski definition) is 0. The molecular formula is C10H17FO. The third-order valence-corrected chi connectivity index (χ3v) is 1.81. The summed E-state index contributed by atoms with van der Waals surface area (Å²) in [5.74, 6) is -1.24. The van der Waals surface area contributed by atoms with E-state index in [-0.39, 0.29) is 0 Å². The Morgan fingerprint density at radius 2 is 1.83 bits per heavy atom. The van der Waals surface area contributed by atoms with Crippen LogP contribution in [-0.4, -0.2) is 5.78 Å². The van der Waals surface area contributed by atoms with Crippen LogP contribution < -0.4 is 0 Å². The molecule has 0 aromatic rings. The molecule has 0 aliphatic rings. The van der Waals surface area contributed by atoms with E-state index in [0.717, 1.165) is 19.3 Å². The molecule has 0 aliphatic heterocycles. The summed E-state index contributed by atoms with van der Waals surface area (Å²) in [6.45, 7) is 5.09. The lowest BCUT2D eigenvalue weighted by Crippen LogP contribution is -1.96. The van der Waals surface area contributed by atoms with Gasteiger partial charge in [-0.25, -0.2) is 4.39 Å². The van der Waals surface area contributed by atoms with E-state index in [1.807, 2.05) is 0 Å². The van der Waals surface area contributed by atoms with Crippen molar-refractivity contribution in [2.75, 3.05) is 0 Å². The Morgan fingerprint density at radius 1 is 1.25 bits per heavy atom. The average molecular weight is 172 g/mol. The van der Waals surface area contributed by atoms with Crippen molar-refractivity contribution in [3.63, 3.8) is 0 Å². The van der Waals surface area contributed by atoms with Crippen molar-refractivity contribution in [2.45, 2.75) is 45.4 Å². The number of hydrogen-bond acceptors (Lipinski definition) is 1. The zero-order valence-corrected chi connectivity index (χ0v) is 7.74. The molecule has 2 heteroatoms. The standard InChI is InChI=1S/C10H17FO/c1-3-4-5-6-7-8-10(12)9(2)11/h2-8H2,1H3. The topological polar surface area (TPSA) is 17.1 Å². The van der Waals surface area contributed by atoms with E-state index in [4.69, 9.17) is 0 Å². The molecule has 0 fully saturated rings. The van der Waals surface area contributed by atoms with Gasteiger partial charge in [0, 0.05) is 6.42 Å². The third-order valence-electron chi connectivity index (χ3n) is 1.81. The summed E-state index contributed by atoms with van der Waals surface area (Å²) in [5.41, 5.74) is 0. The second kappa shape index (κ2) is 7.01. The van der Waals surface area contributed by atoms with Crippen LogP contribution in [0.1, 0.15) is 45.4 Å². The van der Waals surface area contributed by atoms with Crippen LogP contribution in [0.3, 0.4) is 0 Å². The largest absolute Gasteiger partial charge is 0.292 e. The molecule has 0 aromatic carbocycles. The minimum Gasteiger partial charge on any atom is -0.292 e. The first-order valence-electron chi connectivity index (χ1n) is 4.56. The van der Waals surface area contributed by atoms with Gasteiger partial charge in [0.2, 0.25) is 0 Å². The van der Waals surface area contributed by atoms with Crippen LogP contribution in [0.25, 0.3) is 0 Å². The minimum atomic E-state index is -0.800. The van der Waals surface area contributed by atoms with Gasteiger partial charge in [-0.15, -0.1) is 0 Å². The molecule has 0 spiro atoms. The quantitative estimate of drug-likeness (QED) is 0.425. The number of carbonyl (C=O) groups excluding carboxylic acids is 1. The van der Waals surface area contributed by atoms with Crippen molar-refractivity contribution >= 4 is 5.78 Å². The van der Waals surface area contributed by atoms with Crippen molar-refractivity contribution < 1.29 is 9.18 Å². The molecule has 0 amide bonds. The second-order valence-electron chi connectivity index (χ2n) is 2.99. The summed E-state index contributed by atoms with van der Waals surface area (Å²) in [6, 6.07) is 0. The number of carbonyl (C=O) groups is 1. The first-order chi connectivity index (χ1) is 5.68. The van der Waals surface area contributed by atoms with Gasteiger partial charge in [-0.1, -0.05) is 39.2 Å². The van der Waals surface area contributed by atoms with Gasteiger partial charge in [-0.2, -0.15) is 0 Å². The van der Waals surface area contributed by atoms with Crippen LogP contribution in [0.4, 0.5) is 4.39 Å². The van der Waals surface area contributed by atoms with E-state index in [2.05, 4.69) is 13.5 Å². The maximum absolute atomic E-state index is 12.1. The molecule has 0 saturated carbocycles. The zero-order chi connectivity index (χ0) is 9.40. The Morgan fingerprint density at radius 3 is 2.33 bits per heavy atom. The van der Waals surface area contributed by atoms with Crippen molar-refractivity contribution in [2.24, 2.45) is 0 Å². The SMILES string of the molecule is C=C(F)C(=O)CCCCCCC. The fourth-order valence-electron chi connectivity index (χ4n) is 1.02. The molecule has 0 aliphatic carbocycles. The number of ketones is 1. The lowest BCUT2D eigenvalue weighted by Gasteiger charge is -1.97. The van der Waals surface area contributed by atoms with Crippen LogP contribution in [0.15, 0.2) is 12.4 Å². The fraction of sp³-hybridized carbons (Fsp3) is 0.700. The van der Waals surface area contributed by atoms with Crippen molar-refractivity contribution in [3.05, 3.63) is 12.4 Å². The Balaban J connectivity index is 3.20. The van der Waals surface area contributed by atoms with E-state index in [0.29, 0.717) is 6.42 Å². The van der Waals surface area contributed by atoms with E-state index in [1.165, 1.54) is 12.8 Å². The van der Waals surface area contributed by atoms with E-state index in [1.54, 1.807) is 0 Å². The second-order valence-corrected chi connectivity index (χ2v) is 2.99. The number of rotatable bonds is 7. The molecule has 0 rings (SSSR count). The molecule has 0 atom stereocenters. The molecule has 1 nitrogen and oxygen atoms in total. The van der Waals surface area contributed by atoms with Crippen LogP contribution >= 0.6 is 0 Å². The van der Waals surface area contributed by atoms with Crippen molar-refractivity contribution in [1.29, 1.82) is 0 Å². The highest BCUT2D eigenvalue weighted by Crippen LogP contribution is 2.08. The van der Waals surface area contributed by atoms with E-state index < -0.39 is 11.6 Å². The lowest BCUT2D eigenvalue weighted by atomic mass is 10.1. The van der Waals surface area contributed by atoms with E-state index >= 15 is 0 Å². The fourth-order valence-corrected chi connectivity index (χ4v) is 1.02. The van der Waals surface area contributed by atoms with Crippen molar-refractivity contribution in [3.8, 4) is 0 Å². The third kappa shape index (κ3) is 6.08. The highest BCUT2D eigenvalue weighted by molar-refractivity contribution is 5.92. The summed E-state index contributed by atoms with van der Waals surface area (Å²) in [7, 11) is 0. The van der Waals surface area contributed by atoms with Crippen molar-refractivity contribution in [1.82, 2.24) is 0 Å². The van der Waals surface area contributed by atoms with Crippen LogP contribution in [0.5, 0.6) is 0 Å². The van der Waals surface area contributed by atoms with Gasteiger partial charge in [-0.05, 0) is 6.42 Å². The van der Waals surface area contributed by atoms with E-state index in [9.17, 15) is 9.18 Å². The van der Waals surface area contributed by atoms with Crippen LogP contribution in [0.2, 0.25) is 0 Å². The smallest absolute Gasteiger partial charge is 0.190 e. The molecule has 0 N–H and O–H groups in total. The van der Waals surface area contributed by atoms with Gasteiger partial charge in [0.25, 0.3) is 0 Å². The molecule has 0 saturated heterocycles. The highest BCUT2D eigenvalue weighted by Gasteiger charge is 2.04. The molecule has 0 aromatic heterocycles. The predicted molar refractivity (Wildman–Crippen MR) is 48.6 cm³/mol. The summed E-state index contributed by atoms with van der Waals surface area (Å²) >= 11 is 0. The summed E-state index contributed by atoms with van der Waals surface area (Å²) in [5, 5.41) is 0. The van der Waals surface area contributed by atoms with Gasteiger partial charge in [0.05, 0.1) is 0 Å². The number of halogens is 1. The van der Waals surface area contributed by atoms with Gasteiger partial charge in [0.15, 0.2) is 11.6 Å². The summed E-state index contributed by atoms with van der Waals surface area (Å²) < 4.78 is 12.1. The zero-order valence-electron chi connectivity index (χ0n) is 7.74. The Hall–Kier alpha value is -0.660. The molecule has 0 radical (unpaired) electrons. The molecule has 0 heterocycles. The molecule has 70 valence electrons. The maximum Gasteiger partial charge on any atom is 0.190 e. The first-order valence-corrected chi connectivity index (χ1v) is 4.56. The number of allylic oxidation sites excluding steroid dienone is 1. The summed E-state index contributed by atoms with van der Waals surface area (Å²) in [6.07, 6.45) is 5.66. The number of Topliss-reactive ketones (excluding diaryl/α,β-unsaturated/α-hetero) is 1. The van der Waals surface area contributed by atoms with Crippen LogP contribution in [-0.2, 0) is 4.79 Å². The maximum atomic E-state index is 12.1. The van der Waals surface area contributed by atoms with Gasteiger partial charge in [0.1, 0.15) is 0 Å². The van der Waals surface area contributed by atoms with Gasteiger partial charge in [-0.3, -0.25) is 4.79 Å². The summed E-state index contributed by atoms with van der Waals surface area (Å²) in [4.78, 5) is 10.7. The molecule has 0 unspecified atom stereocenters. The highest BCUT2D eigenvalue weighted by atomic mass is 19.1. The number of unbranched alkanes of at least 4 members (excludes halogenated alkanes) is 4. The Kier molecular flexibility index (Phi) is 6.63. The monoisotopic (exact) mass is 172 g/mol. The van der Waals surface area contributed by atoms with Gasteiger partial charge < -0.3 is 0 Å². The molecular weight excluding hydrogens is 155 g/mol. The molecule has 0 bridgehead atoms. The minimum absolute atomic E-state index is 0.318. The lowest BCUT2D eigenvalue weighted by molar-refractivity contribution is -0.117. The van der Waals surface area contributed by atoms with Gasteiger partial charge >= 0.3 is 0 Å². The Labute approximate surface area is 73.7 Å². The first kappa shape index (κ1) is 11.3. The molecule has 12 heavy (non-hydrogen) atoms.